The maximum Gasteiger partial charge on any atom is 0.412 e. The molecule has 216 valence electrons. The highest BCUT2D eigenvalue weighted by Gasteiger charge is 2.13. The molecule has 0 aliphatic rings. The fourth-order valence-corrected chi connectivity index (χ4v) is 3.14. The molecular weight excluding hydrogens is 542 g/mol. The zero-order valence-electron chi connectivity index (χ0n) is 22.9. The number of pyridine rings is 2. The summed E-state index contributed by atoms with van der Waals surface area (Å²) in [6.45, 7) is 0.377. The largest absolute Gasteiger partial charge is 0.444 e. The molecule has 0 radical (unpaired) electrons. The van der Waals surface area contributed by atoms with Crippen LogP contribution >= 0.6 is 0 Å². The lowest BCUT2D eigenvalue weighted by atomic mass is 10.2. The predicted molar refractivity (Wildman–Crippen MR) is 153 cm³/mol. The Morgan fingerprint density at radius 3 is 1.64 bits per heavy atom. The molecule has 2 heterocycles. The van der Waals surface area contributed by atoms with Crippen LogP contribution in [-0.4, -0.2) is 53.6 Å². The van der Waals surface area contributed by atoms with E-state index in [1.807, 2.05) is 60.7 Å². The van der Waals surface area contributed by atoms with Gasteiger partial charge in [-0.25, -0.2) is 19.6 Å². The summed E-state index contributed by atoms with van der Waals surface area (Å²) < 4.78 is 10.1. The number of rotatable bonds is 9. The summed E-state index contributed by atoms with van der Waals surface area (Å²) in [5.41, 5.74) is 3.22. The van der Waals surface area contributed by atoms with Gasteiger partial charge in [0.25, 0.3) is 5.91 Å². The van der Waals surface area contributed by atoms with Crippen molar-refractivity contribution >= 4 is 35.8 Å². The van der Waals surface area contributed by atoms with Crippen molar-refractivity contribution in [1.82, 2.24) is 15.0 Å². The molecule has 0 aliphatic carbocycles. The number of aromatic nitrogens is 2. The number of anilines is 2. The number of hydrogen-bond donors (Lipinski definition) is 2. The number of hydroxylamine groups is 2. The maximum absolute atomic E-state index is 11.8. The molecule has 4 rings (SSSR count). The molecule has 12 heteroatoms. The van der Waals surface area contributed by atoms with Gasteiger partial charge in [0.1, 0.15) is 24.6 Å². The lowest BCUT2D eigenvalue weighted by Gasteiger charge is -2.13. The second-order valence-corrected chi connectivity index (χ2v) is 8.38. The lowest BCUT2D eigenvalue weighted by molar-refractivity contribution is -0.0760. The van der Waals surface area contributed by atoms with Crippen LogP contribution in [0.1, 0.15) is 32.1 Å². The van der Waals surface area contributed by atoms with Crippen molar-refractivity contribution in [3.05, 3.63) is 120 Å². The highest BCUT2D eigenvalue weighted by molar-refractivity contribution is 5.92. The molecule has 0 atom stereocenters. The Bertz CT molecular complexity index is 1430. The molecule has 12 nitrogen and oxygen atoms in total. The molecule has 0 saturated carbocycles. The molecule has 0 bridgehead atoms. The fourth-order valence-electron chi connectivity index (χ4n) is 3.14. The van der Waals surface area contributed by atoms with Gasteiger partial charge < -0.3 is 9.47 Å². The van der Waals surface area contributed by atoms with Crippen molar-refractivity contribution in [2.45, 2.75) is 13.2 Å². The van der Waals surface area contributed by atoms with Crippen LogP contribution in [0.4, 0.5) is 21.0 Å². The summed E-state index contributed by atoms with van der Waals surface area (Å²) >= 11 is 0. The van der Waals surface area contributed by atoms with Crippen molar-refractivity contribution in [3.63, 3.8) is 0 Å². The van der Waals surface area contributed by atoms with Gasteiger partial charge in [-0.2, -0.15) is 0 Å². The minimum absolute atomic E-state index is 0.176. The molecule has 2 N–H and O–H groups in total. The minimum Gasteiger partial charge on any atom is -0.444 e. The second-order valence-electron chi connectivity index (χ2n) is 8.38. The SMILES string of the molecule is CON(C)C(=O)c1ccc(NC(=O)OCc2ccccc2)cn1.O=Cc1ccc(NC(=O)OCc2ccccc2)cn1. The number of carbonyl (C=O) groups is 4. The molecule has 42 heavy (non-hydrogen) atoms. The Morgan fingerprint density at radius 1 is 0.738 bits per heavy atom. The monoisotopic (exact) mass is 571 g/mol. The van der Waals surface area contributed by atoms with Crippen LogP contribution in [0.3, 0.4) is 0 Å². The van der Waals surface area contributed by atoms with E-state index in [0.29, 0.717) is 23.4 Å². The zero-order valence-corrected chi connectivity index (χ0v) is 22.9. The molecule has 3 amide bonds. The van der Waals surface area contributed by atoms with Gasteiger partial charge in [-0.1, -0.05) is 60.7 Å². The van der Waals surface area contributed by atoms with Gasteiger partial charge in [0.15, 0.2) is 6.29 Å². The Morgan fingerprint density at radius 2 is 1.24 bits per heavy atom. The van der Waals surface area contributed by atoms with Crippen molar-refractivity contribution < 1.29 is 33.5 Å². The molecule has 2 aromatic heterocycles. The third-order valence-electron chi connectivity index (χ3n) is 5.37. The zero-order chi connectivity index (χ0) is 30.2. The van der Waals surface area contributed by atoms with E-state index in [0.717, 1.165) is 16.2 Å². The van der Waals surface area contributed by atoms with Gasteiger partial charge in [0.05, 0.1) is 30.9 Å². The Labute approximate surface area is 242 Å². The number of benzene rings is 2. The normalized spacial score (nSPS) is 9.86. The van der Waals surface area contributed by atoms with E-state index in [2.05, 4.69) is 20.6 Å². The van der Waals surface area contributed by atoms with E-state index in [-0.39, 0.29) is 24.8 Å². The van der Waals surface area contributed by atoms with Crippen LogP contribution in [-0.2, 0) is 27.5 Å². The van der Waals surface area contributed by atoms with Crippen molar-refractivity contribution in [3.8, 4) is 0 Å². The average Bonchev–Trinajstić information content (AvgIpc) is 3.04. The van der Waals surface area contributed by atoms with Crippen molar-refractivity contribution in [2.24, 2.45) is 0 Å². The van der Waals surface area contributed by atoms with Gasteiger partial charge in [0, 0.05) is 7.05 Å². The molecule has 0 fully saturated rings. The first-order chi connectivity index (χ1) is 20.4. The van der Waals surface area contributed by atoms with E-state index in [4.69, 9.17) is 14.3 Å². The molecule has 2 aromatic carbocycles. The summed E-state index contributed by atoms with van der Waals surface area (Å²) in [6, 6.07) is 24.9. The molecule has 0 aliphatic heterocycles. The average molecular weight is 572 g/mol. The fraction of sp³-hybridized carbons (Fsp3) is 0.133. The third kappa shape index (κ3) is 10.5. The van der Waals surface area contributed by atoms with Gasteiger partial charge in [-0.15, -0.1) is 0 Å². The van der Waals surface area contributed by atoms with Crippen LogP contribution in [0.5, 0.6) is 0 Å². The molecule has 0 spiro atoms. The highest BCUT2D eigenvalue weighted by Crippen LogP contribution is 2.10. The summed E-state index contributed by atoms with van der Waals surface area (Å²) in [5.74, 6) is -0.384. The van der Waals surface area contributed by atoms with Crippen LogP contribution in [0.25, 0.3) is 0 Å². The van der Waals surface area contributed by atoms with E-state index < -0.39 is 12.2 Å². The highest BCUT2D eigenvalue weighted by atomic mass is 16.7. The van der Waals surface area contributed by atoms with Crippen LogP contribution in [0, 0.1) is 0 Å². The summed E-state index contributed by atoms with van der Waals surface area (Å²) in [4.78, 5) is 58.0. The standard InChI is InChI=1S/C16H17N3O4.C14H12N2O3/c1-19(22-2)15(20)14-9-8-13(10-17-14)18-16(21)23-11-12-6-4-3-5-7-12;17-9-13-7-6-12(8-15-13)16-14(18)19-10-11-4-2-1-3-5-11/h3-10H,11H2,1-2H3,(H,18,21);1-9H,10H2,(H,16,18). The topological polar surface area (TPSA) is 149 Å². The summed E-state index contributed by atoms with van der Waals surface area (Å²) in [5, 5.41) is 6.12. The van der Waals surface area contributed by atoms with Crippen LogP contribution in [0.2, 0.25) is 0 Å². The van der Waals surface area contributed by atoms with Gasteiger partial charge in [-0.3, -0.25) is 30.0 Å². The second kappa shape index (κ2) is 16.5. The Kier molecular flexibility index (Phi) is 12.1. The number of ether oxygens (including phenoxy) is 2. The number of nitrogens with one attached hydrogen (secondary N) is 2. The van der Waals surface area contributed by atoms with Crippen LogP contribution < -0.4 is 10.6 Å². The number of hydrogen-bond acceptors (Lipinski definition) is 9. The third-order valence-corrected chi connectivity index (χ3v) is 5.37. The Hall–Kier alpha value is -5.62. The molecule has 4 aromatic rings. The Balaban J connectivity index is 0.000000235. The first-order valence-corrected chi connectivity index (χ1v) is 12.5. The van der Waals surface area contributed by atoms with E-state index in [1.165, 1.54) is 38.7 Å². The summed E-state index contributed by atoms with van der Waals surface area (Å²) in [7, 11) is 2.87. The van der Waals surface area contributed by atoms with Gasteiger partial charge >= 0.3 is 12.2 Å². The predicted octanol–water partition coefficient (Wildman–Crippen LogP) is 5.11. The first-order valence-electron chi connectivity index (χ1n) is 12.5. The molecular formula is C30H29N5O7. The van der Waals surface area contributed by atoms with Gasteiger partial charge in [0.2, 0.25) is 0 Å². The summed E-state index contributed by atoms with van der Waals surface area (Å²) in [6.07, 6.45) is 2.25. The number of nitrogens with zero attached hydrogens (tertiary/aromatic N) is 3. The van der Waals surface area contributed by atoms with Crippen molar-refractivity contribution in [1.29, 1.82) is 0 Å². The number of aldehydes is 1. The van der Waals surface area contributed by atoms with Crippen molar-refractivity contribution in [2.75, 3.05) is 24.8 Å². The number of amides is 3. The van der Waals surface area contributed by atoms with E-state index in [9.17, 15) is 19.2 Å². The van der Waals surface area contributed by atoms with E-state index >= 15 is 0 Å². The lowest BCUT2D eigenvalue weighted by Crippen LogP contribution is -2.26. The molecule has 0 saturated heterocycles. The minimum atomic E-state index is -0.594. The van der Waals surface area contributed by atoms with Crippen LogP contribution in [0.15, 0.2) is 97.3 Å². The quantitative estimate of drug-likeness (QED) is 0.206. The maximum atomic E-state index is 11.8. The van der Waals surface area contributed by atoms with E-state index in [1.54, 1.807) is 12.1 Å². The number of carbonyl (C=O) groups excluding carboxylic acids is 4. The van der Waals surface area contributed by atoms with Gasteiger partial charge in [-0.05, 0) is 35.4 Å². The molecule has 0 unspecified atom stereocenters. The smallest absolute Gasteiger partial charge is 0.412 e. The first kappa shape index (κ1) is 30.9.